The molecule has 25 heavy (non-hydrogen) atoms. The van der Waals surface area contributed by atoms with Crippen molar-refractivity contribution in [2.24, 2.45) is 0 Å². The number of ether oxygens (including phenoxy) is 2. The van der Waals surface area contributed by atoms with Crippen molar-refractivity contribution in [3.63, 3.8) is 0 Å². The Morgan fingerprint density at radius 3 is 1.32 bits per heavy atom. The largest absolute Gasteiger partial charge is 0.368 e. The monoisotopic (exact) mass is 358 g/mol. The first kappa shape index (κ1) is 24.9. The van der Waals surface area contributed by atoms with Gasteiger partial charge in [-0.25, -0.2) is 0 Å². The smallest absolute Gasteiger partial charge is 0.157 e. The molecule has 2 atom stereocenters. The Balaban J connectivity index is 3.05. The molecule has 0 aromatic carbocycles. The van der Waals surface area contributed by atoms with Crippen LogP contribution in [0.15, 0.2) is 0 Å². The number of unbranched alkanes of at least 4 members (excludes halogenated alkanes) is 15. The Morgan fingerprint density at radius 1 is 0.600 bits per heavy atom. The minimum absolute atomic E-state index is 0.309. The molecule has 3 nitrogen and oxygen atoms in total. The Bertz CT molecular complexity index is 243. The van der Waals surface area contributed by atoms with Crippen molar-refractivity contribution in [3.8, 4) is 0 Å². The number of aliphatic hydroxyl groups is 1. The van der Waals surface area contributed by atoms with Crippen molar-refractivity contribution in [2.75, 3.05) is 6.61 Å². The number of hydrogen-bond donors (Lipinski definition) is 1. The molecule has 0 amide bonds. The Morgan fingerprint density at radius 2 is 0.960 bits per heavy atom. The van der Waals surface area contributed by atoms with E-state index in [1.165, 1.54) is 96.3 Å². The summed E-state index contributed by atoms with van der Waals surface area (Å²) in [5.74, 6) is 0. The number of aliphatic hydroxyl groups excluding tert-OH is 1. The van der Waals surface area contributed by atoms with Crippen LogP contribution in [0.2, 0.25) is 0 Å². The van der Waals surface area contributed by atoms with Crippen LogP contribution < -0.4 is 0 Å². The standard InChI is InChI=1S/C22H46O3/c1-4-5-6-7-8-9-10-11-12-13-14-15-16-17-18-19-20-24-22(3)25-21(2)23/h21-23H,4-20H2,1-3H3. The van der Waals surface area contributed by atoms with Gasteiger partial charge in [0.25, 0.3) is 0 Å². The van der Waals surface area contributed by atoms with E-state index in [2.05, 4.69) is 6.92 Å². The molecule has 2 unspecified atom stereocenters. The van der Waals surface area contributed by atoms with Crippen LogP contribution in [0.1, 0.15) is 124 Å². The van der Waals surface area contributed by atoms with Crippen LogP contribution >= 0.6 is 0 Å². The highest BCUT2D eigenvalue weighted by Gasteiger charge is 2.04. The normalized spacial score (nSPS) is 13.9. The minimum atomic E-state index is -0.749. The molecule has 0 radical (unpaired) electrons. The molecule has 1 N–H and O–H groups in total. The lowest BCUT2D eigenvalue weighted by atomic mass is 10.0. The van der Waals surface area contributed by atoms with Gasteiger partial charge in [-0.05, 0) is 20.3 Å². The van der Waals surface area contributed by atoms with E-state index in [9.17, 15) is 0 Å². The summed E-state index contributed by atoms with van der Waals surface area (Å²) in [6, 6.07) is 0. The van der Waals surface area contributed by atoms with Gasteiger partial charge in [0.15, 0.2) is 12.6 Å². The van der Waals surface area contributed by atoms with Gasteiger partial charge in [-0.3, -0.25) is 0 Å². The van der Waals surface area contributed by atoms with Crippen molar-refractivity contribution in [1.29, 1.82) is 0 Å². The van der Waals surface area contributed by atoms with E-state index in [1.54, 1.807) is 6.92 Å². The quantitative estimate of drug-likeness (QED) is 0.189. The second-order valence-electron chi connectivity index (χ2n) is 7.48. The summed E-state index contributed by atoms with van der Waals surface area (Å²) >= 11 is 0. The lowest BCUT2D eigenvalue weighted by Gasteiger charge is -2.15. The molecule has 0 spiro atoms. The summed E-state index contributed by atoms with van der Waals surface area (Å²) < 4.78 is 10.6. The summed E-state index contributed by atoms with van der Waals surface area (Å²) in [5.41, 5.74) is 0. The molecule has 0 aromatic rings. The topological polar surface area (TPSA) is 38.7 Å². The third-order valence-corrected chi connectivity index (χ3v) is 4.74. The Hall–Kier alpha value is -0.120. The van der Waals surface area contributed by atoms with Gasteiger partial charge in [0, 0.05) is 6.61 Å². The van der Waals surface area contributed by atoms with Crippen LogP contribution in [0.3, 0.4) is 0 Å². The van der Waals surface area contributed by atoms with Gasteiger partial charge >= 0.3 is 0 Å². The average Bonchev–Trinajstić information content (AvgIpc) is 2.57. The highest BCUT2D eigenvalue weighted by molar-refractivity contribution is 4.50. The maximum atomic E-state index is 9.06. The summed E-state index contributed by atoms with van der Waals surface area (Å²) in [5, 5.41) is 9.06. The molecule has 0 fully saturated rings. The fourth-order valence-electron chi connectivity index (χ4n) is 3.22. The van der Waals surface area contributed by atoms with Crippen molar-refractivity contribution in [2.45, 2.75) is 136 Å². The second kappa shape index (κ2) is 20.2. The zero-order chi connectivity index (χ0) is 18.6. The summed E-state index contributed by atoms with van der Waals surface area (Å²) in [6.07, 6.45) is 21.1. The highest BCUT2D eigenvalue weighted by atomic mass is 16.7. The van der Waals surface area contributed by atoms with Crippen LogP contribution in [0.25, 0.3) is 0 Å². The molecule has 0 saturated carbocycles. The van der Waals surface area contributed by atoms with Gasteiger partial charge in [-0.1, -0.05) is 103 Å². The molecule has 0 rings (SSSR count). The van der Waals surface area contributed by atoms with E-state index in [1.807, 2.05) is 6.92 Å². The van der Waals surface area contributed by atoms with Crippen LogP contribution in [-0.4, -0.2) is 24.3 Å². The van der Waals surface area contributed by atoms with E-state index in [-0.39, 0.29) is 6.29 Å². The Labute approximate surface area is 157 Å². The molecule has 3 heteroatoms. The highest BCUT2D eigenvalue weighted by Crippen LogP contribution is 2.13. The zero-order valence-corrected chi connectivity index (χ0v) is 17.4. The summed E-state index contributed by atoms with van der Waals surface area (Å²) in [6.45, 7) is 6.45. The fraction of sp³-hybridized carbons (Fsp3) is 1.00. The van der Waals surface area contributed by atoms with Gasteiger partial charge in [-0.15, -0.1) is 0 Å². The lowest BCUT2D eigenvalue weighted by Crippen LogP contribution is -2.19. The SMILES string of the molecule is CCCCCCCCCCCCCCCCCCOC(C)OC(C)O. The molecule has 0 aliphatic rings. The maximum Gasteiger partial charge on any atom is 0.157 e. The first-order chi connectivity index (χ1) is 12.2. The van der Waals surface area contributed by atoms with Crippen molar-refractivity contribution in [3.05, 3.63) is 0 Å². The first-order valence-corrected chi connectivity index (χ1v) is 11.1. The number of rotatable bonds is 20. The average molecular weight is 359 g/mol. The van der Waals surface area contributed by atoms with Gasteiger partial charge in [0.1, 0.15) is 0 Å². The molecule has 0 bridgehead atoms. The molecular formula is C22H46O3. The van der Waals surface area contributed by atoms with Crippen molar-refractivity contribution in [1.82, 2.24) is 0 Å². The second-order valence-corrected chi connectivity index (χ2v) is 7.48. The number of hydrogen-bond acceptors (Lipinski definition) is 3. The van der Waals surface area contributed by atoms with Gasteiger partial charge in [0.05, 0.1) is 0 Å². The maximum absolute atomic E-state index is 9.06. The van der Waals surface area contributed by atoms with Crippen LogP contribution in [0, 0.1) is 0 Å². The van der Waals surface area contributed by atoms with Crippen LogP contribution in [0.5, 0.6) is 0 Å². The third kappa shape index (κ3) is 21.8. The first-order valence-electron chi connectivity index (χ1n) is 11.1. The predicted octanol–water partition coefficient (Wildman–Crippen LogP) is 6.97. The zero-order valence-electron chi connectivity index (χ0n) is 17.4. The van der Waals surface area contributed by atoms with Crippen LogP contribution in [-0.2, 0) is 9.47 Å². The third-order valence-electron chi connectivity index (χ3n) is 4.74. The van der Waals surface area contributed by atoms with Crippen LogP contribution in [0.4, 0.5) is 0 Å². The lowest BCUT2D eigenvalue weighted by molar-refractivity contribution is -0.213. The van der Waals surface area contributed by atoms with E-state index in [4.69, 9.17) is 14.6 Å². The van der Waals surface area contributed by atoms with Gasteiger partial charge in [-0.2, -0.15) is 0 Å². The van der Waals surface area contributed by atoms with Crippen molar-refractivity contribution < 1.29 is 14.6 Å². The molecule has 0 saturated heterocycles. The molecule has 0 aliphatic carbocycles. The predicted molar refractivity (Wildman–Crippen MR) is 108 cm³/mol. The fourth-order valence-corrected chi connectivity index (χ4v) is 3.22. The van der Waals surface area contributed by atoms with E-state index < -0.39 is 6.29 Å². The summed E-state index contributed by atoms with van der Waals surface area (Å²) in [7, 11) is 0. The summed E-state index contributed by atoms with van der Waals surface area (Å²) in [4.78, 5) is 0. The molecule has 152 valence electrons. The van der Waals surface area contributed by atoms with E-state index in [0.29, 0.717) is 0 Å². The Kier molecular flexibility index (Phi) is 20.1. The van der Waals surface area contributed by atoms with Gasteiger partial charge < -0.3 is 14.6 Å². The molecular weight excluding hydrogens is 312 g/mol. The van der Waals surface area contributed by atoms with E-state index >= 15 is 0 Å². The minimum Gasteiger partial charge on any atom is -0.368 e. The molecule has 0 aromatic heterocycles. The van der Waals surface area contributed by atoms with Gasteiger partial charge in [0.2, 0.25) is 0 Å². The molecule has 0 aliphatic heterocycles. The van der Waals surface area contributed by atoms with Crippen molar-refractivity contribution >= 4 is 0 Å². The molecule has 0 heterocycles. The van der Waals surface area contributed by atoms with E-state index in [0.717, 1.165) is 13.0 Å².